The number of likely N-dealkylation sites (tertiary alicyclic amines) is 1. The van der Waals surface area contributed by atoms with Crippen molar-refractivity contribution >= 4 is 23.8 Å². The molecule has 150 valence electrons. The zero-order chi connectivity index (χ0) is 19.4. The smallest absolute Gasteiger partial charge is 0.325 e. The second-order valence-electron chi connectivity index (χ2n) is 7.69. The number of nitrogens with zero attached hydrogens (tertiary/aromatic N) is 2. The van der Waals surface area contributed by atoms with Crippen LogP contribution in [0.25, 0.3) is 0 Å². The maximum Gasteiger partial charge on any atom is 0.325 e. The fraction of sp³-hybridized carbons (Fsp3) is 0.778. The van der Waals surface area contributed by atoms with Crippen LogP contribution in [0.2, 0.25) is 0 Å². The van der Waals surface area contributed by atoms with Crippen molar-refractivity contribution in [2.45, 2.75) is 62.9 Å². The molecule has 1 unspecified atom stereocenters. The van der Waals surface area contributed by atoms with E-state index in [0.29, 0.717) is 25.9 Å². The third-order valence-electron chi connectivity index (χ3n) is 5.85. The summed E-state index contributed by atoms with van der Waals surface area (Å²) in [7, 11) is 0. The summed E-state index contributed by atoms with van der Waals surface area (Å²) in [5.41, 5.74) is 4.58. The number of imide groups is 1. The van der Waals surface area contributed by atoms with Crippen molar-refractivity contribution in [3.05, 3.63) is 0 Å². The lowest BCUT2D eigenvalue weighted by Crippen LogP contribution is -2.53. The van der Waals surface area contributed by atoms with Gasteiger partial charge in [-0.3, -0.25) is 19.3 Å². The largest absolute Gasteiger partial charge is 0.354 e. The summed E-state index contributed by atoms with van der Waals surface area (Å²) in [6.07, 6.45) is 6.00. The SMILES string of the molecule is NCCC(=O)NCC1CCCCN1C(=O)CN1C(=O)NC2(CCCC2)C1=O. The summed E-state index contributed by atoms with van der Waals surface area (Å²) in [5.74, 6) is -0.651. The number of amides is 5. The van der Waals surface area contributed by atoms with Crippen LogP contribution in [0.3, 0.4) is 0 Å². The number of carbonyl (C=O) groups excluding carboxylic acids is 4. The summed E-state index contributed by atoms with van der Waals surface area (Å²) < 4.78 is 0. The minimum atomic E-state index is -0.797. The van der Waals surface area contributed by atoms with Gasteiger partial charge in [0.25, 0.3) is 5.91 Å². The normalized spacial score (nSPS) is 24.4. The molecule has 1 spiro atoms. The Morgan fingerprint density at radius 3 is 2.63 bits per heavy atom. The lowest BCUT2D eigenvalue weighted by molar-refractivity contribution is -0.141. The van der Waals surface area contributed by atoms with Gasteiger partial charge in [0.1, 0.15) is 12.1 Å². The molecular formula is C18H29N5O4. The van der Waals surface area contributed by atoms with Gasteiger partial charge in [-0.15, -0.1) is 0 Å². The Morgan fingerprint density at radius 1 is 1.19 bits per heavy atom. The highest BCUT2D eigenvalue weighted by Crippen LogP contribution is 2.35. The van der Waals surface area contributed by atoms with Crippen molar-refractivity contribution in [2.24, 2.45) is 5.73 Å². The molecule has 0 bridgehead atoms. The number of urea groups is 1. The van der Waals surface area contributed by atoms with Gasteiger partial charge in [0.05, 0.1) is 0 Å². The van der Waals surface area contributed by atoms with E-state index in [2.05, 4.69) is 10.6 Å². The van der Waals surface area contributed by atoms with Crippen LogP contribution in [0.1, 0.15) is 51.4 Å². The molecule has 5 amide bonds. The molecule has 0 radical (unpaired) electrons. The number of hydrogen-bond acceptors (Lipinski definition) is 5. The van der Waals surface area contributed by atoms with Gasteiger partial charge in [0, 0.05) is 32.1 Å². The Kier molecular flexibility index (Phi) is 5.98. The van der Waals surface area contributed by atoms with Crippen molar-refractivity contribution in [1.82, 2.24) is 20.4 Å². The second-order valence-corrected chi connectivity index (χ2v) is 7.69. The first-order valence-electron chi connectivity index (χ1n) is 9.87. The van der Waals surface area contributed by atoms with E-state index in [1.54, 1.807) is 4.90 Å². The first kappa shape index (κ1) is 19.6. The monoisotopic (exact) mass is 379 g/mol. The van der Waals surface area contributed by atoms with Crippen molar-refractivity contribution in [3.63, 3.8) is 0 Å². The molecule has 3 aliphatic rings. The summed E-state index contributed by atoms with van der Waals surface area (Å²) in [6.45, 7) is 0.993. The molecule has 2 aliphatic heterocycles. The van der Waals surface area contributed by atoms with Gasteiger partial charge >= 0.3 is 6.03 Å². The zero-order valence-corrected chi connectivity index (χ0v) is 15.7. The standard InChI is InChI=1S/C18H29N5O4/c19-9-6-14(24)20-11-13-5-1-4-10-22(13)15(25)12-23-16(26)18(21-17(23)27)7-2-3-8-18/h13H,1-12,19H2,(H,20,24)(H,21,27). The van der Waals surface area contributed by atoms with E-state index in [1.807, 2.05) is 0 Å². The average Bonchev–Trinajstić information content (AvgIpc) is 3.21. The van der Waals surface area contributed by atoms with Gasteiger partial charge in [-0.25, -0.2) is 4.79 Å². The maximum absolute atomic E-state index is 12.8. The zero-order valence-electron chi connectivity index (χ0n) is 15.7. The second kappa shape index (κ2) is 8.24. The predicted molar refractivity (Wildman–Crippen MR) is 97.5 cm³/mol. The lowest BCUT2D eigenvalue weighted by atomic mass is 9.98. The molecule has 3 rings (SSSR count). The maximum atomic E-state index is 12.8. The fourth-order valence-corrected chi connectivity index (χ4v) is 4.36. The summed E-state index contributed by atoms with van der Waals surface area (Å²) in [4.78, 5) is 52.3. The number of nitrogens with two attached hydrogens (primary N) is 1. The topological polar surface area (TPSA) is 125 Å². The highest BCUT2D eigenvalue weighted by molar-refractivity contribution is 6.09. The van der Waals surface area contributed by atoms with Crippen LogP contribution < -0.4 is 16.4 Å². The Hall–Kier alpha value is -2.16. The third kappa shape index (κ3) is 4.07. The molecular weight excluding hydrogens is 350 g/mol. The van der Waals surface area contributed by atoms with E-state index in [1.165, 1.54) is 0 Å². The van der Waals surface area contributed by atoms with E-state index < -0.39 is 11.6 Å². The Balaban J connectivity index is 1.60. The van der Waals surface area contributed by atoms with Gasteiger partial charge in [0.15, 0.2) is 0 Å². The van der Waals surface area contributed by atoms with E-state index in [0.717, 1.165) is 37.0 Å². The number of rotatable bonds is 6. The molecule has 2 heterocycles. The molecule has 1 saturated carbocycles. The molecule has 27 heavy (non-hydrogen) atoms. The van der Waals surface area contributed by atoms with Crippen molar-refractivity contribution in [3.8, 4) is 0 Å². The van der Waals surface area contributed by atoms with Gasteiger partial charge in [-0.2, -0.15) is 0 Å². The van der Waals surface area contributed by atoms with Crippen LogP contribution in [0, 0.1) is 0 Å². The number of hydrogen-bond donors (Lipinski definition) is 3. The first-order chi connectivity index (χ1) is 13.0. The van der Waals surface area contributed by atoms with Crippen LogP contribution in [0.4, 0.5) is 4.79 Å². The fourth-order valence-electron chi connectivity index (χ4n) is 4.36. The first-order valence-corrected chi connectivity index (χ1v) is 9.87. The number of piperidine rings is 1. The highest BCUT2D eigenvalue weighted by atomic mass is 16.2. The van der Waals surface area contributed by atoms with Gasteiger partial charge in [-0.1, -0.05) is 12.8 Å². The Bertz CT molecular complexity index is 617. The highest BCUT2D eigenvalue weighted by Gasteiger charge is 2.53. The van der Waals surface area contributed by atoms with Crippen LogP contribution in [0.15, 0.2) is 0 Å². The molecule has 1 aliphatic carbocycles. The van der Waals surface area contributed by atoms with E-state index >= 15 is 0 Å². The van der Waals surface area contributed by atoms with E-state index in [-0.39, 0.29) is 43.3 Å². The van der Waals surface area contributed by atoms with Crippen molar-refractivity contribution < 1.29 is 19.2 Å². The molecule has 0 aromatic carbocycles. The molecule has 9 heteroatoms. The Labute approximate surface area is 159 Å². The molecule has 1 atom stereocenters. The number of nitrogens with one attached hydrogen (secondary N) is 2. The summed E-state index contributed by atoms with van der Waals surface area (Å²) >= 11 is 0. The molecule has 0 aromatic heterocycles. The van der Waals surface area contributed by atoms with E-state index in [4.69, 9.17) is 5.73 Å². The van der Waals surface area contributed by atoms with Gasteiger partial charge in [0.2, 0.25) is 11.8 Å². The third-order valence-corrected chi connectivity index (χ3v) is 5.85. The van der Waals surface area contributed by atoms with Crippen LogP contribution >= 0.6 is 0 Å². The molecule has 0 aromatic rings. The predicted octanol–water partition coefficient (Wildman–Crippen LogP) is -0.303. The molecule has 3 fully saturated rings. The van der Waals surface area contributed by atoms with Crippen molar-refractivity contribution in [2.75, 3.05) is 26.2 Å². The summed E-state index contributed by atoms with van der Waals surface area (Å²) in [5, 5.41) is 5.62. The summed E-state index contributed by atoms with van der Waals surface area (Å²) in [6, 6.07) is -0.589. The van der Waals surface area contributed by atoms with Crippen LogP contribution in [0.5, 0.6) is 0 Å². The lowest BCUT2D eigenvalue weighted by Gasteiger charge is -2.36. The van der Waals surface area contributed by atoms with Gasteiger partial charge in [-0.05, 0) is 32.1 Å². The van der Waals surface area contributed by atoms with Crippen LogP contribution in [-0.2, 0) is 14.4 Å². The Morgan fingerprint density at radius 2 is 1.93 bits per heavy atom. The average molecular weight is 379 g/mol. The van der Waals surface area contributed by atoms with Crippen LogP contribution in [-0.4, -0.2) is 71.3 Å². The molecule has 2 saturated heterocycles. The number of carbonyl (C=O) groups is 4. The minimum absolute atomic E-state index is 0.116. The van der Waals surface area contributed by atoms with E-state index in [9.17, 15) is 19.2 Å². The molecule has 9 nitrogen and oxygen atoms in total. The van der Waals surface area contributed by atoms with Gasteiger partial charge < -0.3 is 21.3 Å². The minimum Gasteiger partial charge on any atom is -0.354 e. The van der Waals surface area contributed by atoms with Crippen molar-refractivity contribution in [1.29, 1.82) is 0 Å². The molecule has 4 N–H and O–H groups in total. The quantitative estimate of drug-likeness (QED) is 0.546.